The molecule has 0 aliphatic carbocycles. The Morgan fingerprint density at radius 3 is 1.67 bits per heavy atom. The van der Waals surface area contributed by atoms with E-state index in [-0.39, 0.29) is 23.4 Å². The summed E-state index contributed by atoms with van der Waals surface area (Å²) in [5.74, 6) is -0.790. The maximum absolute atomic E-state index is 13.5. The molecule has 54 heavy (non-hydrogen) atoms. The number of H-pyrrole nitrogens is 2. The lowest BCUT2D eigenvalue weighted by molar-refractivity contribution is 0.457. The van der Waals surface area contributed by atoms with Gasteiger partial charge in [-0.05, 0) is 109 Å². The monoisotopic (exact) mass is 720 g/mol. The normalized spacial score (nSPS) is 11.3. The van der Waals surface area contributed by atoms with Gasteiger partial charge in [0.15, 0.2) is 11.8 Å². The number of fused-ring (bicyclic) bond motifs is 2. The molecule has 6 N–H and O–H groups in total. The summed E-state index contributed by atoms with van der Waals surface area (Å²) >= 11 is 0. The van der Waals surface area contributed by atoms with Crippen molar-refractivity contribution in [1.29, 1.82) is 0 Å². The number of benzene rings is 4. The van der Waals surface area contributed by atoms with E-state index in [1.165, 1.54) is 36.7 Å². The Morgan fingerprint density at radius 2 is 1.17 bits per heavy atom. The van der Waals surface area contributed by atoms with Crippen LogP contribution in [0.5, 0.6) is 11.8 Å². The average Bonchev–Trinajstić information content (AvgIpc) is 3.69. The van der Waals surface area contributed by atoms with Crippen LogP contribution >= 0.6 is 0 Å². The molecule has 0 unspecified atom stereocenters. The highest BCUT2D eigenvalue weighted by Gasteiger charge is 2.11. The number of aromatic hydroxyl groups is 2. The van der Waals surface area contributed by atoms with E-state index in [9.17, 15) is 19.0 Å². The molecule has 12 heteroatoms. The minimum Gasteiger partial charge on any atom is -0.494 e. The number of halogens is 2. The molecule has 10 nitrogen and oxygen atoms in total. The summed E-state index contributed by atoms with van der Waals surface area (Å²) < 4.78 is 27.0. The SMILES string of the molecule is Oc1[nH]c2ccc(F)cc2c1C=Nc1ccc(NCc2ccccn2)cc1.Oc1[nH]c2ccc(F)cc2c1C=Nc1ccc(NCc2cccnc2)cc1. The molecular formula is C42H34F2N8O2. The van der Waals surface area contributed by atoms with Crippen molar-refractivity contribution >= 4 is 57.0 Å². The molecule has 0 aliphatic rings. The van der Waals surface area contributed by atoms with E-state index >= 15 is 0 Å². The Balaban J connectivity index is 0.000000167. The van der Waals surface area contributed by atoms with Crippen LogP contribution in [-0.2, 0) is 13.1 Å². The predicted molar refractivity (Wildman–Crippen MR) is 210 cm³/mol. The number of rotatable bonds is 10. The van der Waals surface area contributed by atoms with Crippen LogP contribution in [-0.4, -0.2) is 42.6 Å². The topological polar surface area (TPSA) is 147 Å². The number of nitrogens with one attached hydrogen (secondary N) is 4. The fourth-order valence-corrected chi connectivity index (χ4v) is 5.61. The summed E-state index contributed by atoms with van der Waals surface area (Å²) in [6, 6.07) is 33.5. The lowest BCUT2D eigenvalue weighted by atomic mass is 10.2. The molecule has 0 saturated carbocycles. The van der Waals surface area contributed by atoms with Gasteiger partial charge in [-0.15, -0.1) is 0 Å². The number of nitrogens with zero attached hydrogens (tertiary/aromatic N) is 4. The number of hydrogen-bond acceptors (Lipinski definition) is 8. The van der Waals surface area contributed by atoms with E-state index in [2.05, 4.69) is 40.6 Å². The predicted octanol–water partition coefficient (Wildman–Crippen LogP) is 9.54. The lowest BCUT2D eigenvalue weighted by Gasteiger charge is -2.06. The largest absolute Gasteiger partial charge is 0.494 e. The van der Waals surface area contributed by atoms with Crippen molar-refractivity contribution in [3.63, 3.8) is 0 Å². The van der Waals surface area contributed by atoms with Gasteiger partial charge in [0, 0.05) is 70.7 Å². The van der Waals surface area contributed by atoms with Gasteiger partial charge in [-0.3, -0.25) is 20.0 Å². The molecule has 8 aromatic rings. The zero-order valence-corrected chi connectivity index (χ0v) is 28.7. The van der Waals surface area contributed by atoms with Gasteiger partial charge in [0.25, 0.3) is 0 Å². The van der Waals surface area contributed by atoms with E-state index < -0.39 is 0 Å². The summed E-state index contributed by atoms with van der Waals surface area (Å²) in [7, 11) is 0. The first-order chi connectivity index (χ1) is 26.4. The third-order valence-corrected chi connectivity index (χ3v) is 8.40. The number of anilines is 2. The maximum Gasteiger partial charge on any atom is 0.198 e. The molecule has 0 fully saturated rings. The molecule has 0 saturated heterocycles. The van der Waals surface area contributed by atoms with Crippen LogP contribution in [0.3, 0.4) is 0 Å². The Morgan fingerprint density at radius 1 is 0.611 bits per heavy atom. The first-order valence-electron chi connectivity index (χ1n) is 16.9. The molecular weight excluding hydrogens is 687 g/mol. The molecule has 0 bridgehead atoms. The Labute approximate surface area is 308 Å². The van der Waals surface area contributed by atoms with Gasteiger partial charge >= 0.3 is 0 Å². The number of aliphatic imine (C=N–C) groups is 2. The fraction of sp³-hybridized carbons (Fsp3) is 0.0476. The molecule has 0 spiro atoms. The van der Waals surface area contributed by atoms with E-state index in [0.717, 1.165) is 34.0 Å². The maximum atomic E-state index is 13.5. The van der Waals surface area contributed by atoms with E-state index in [0.29, 0.717) is 46.0 Å². The molecule has 0 radical (unpaired) electrons. The molecule has 4 aromatic carbocycles. The second-order valence-corrected chi connectivity index (χ2v) is 12.2. The van der Waals surface area contributed by atoms with Crippen molar-refractivity contribution in [2.75, 3.05) is 10.6 Å². The summed E-state index contributed by atoms with van der Waals surface area (Å²) in [5.41, 5.74) is 7.67. The fourth-order valence-electron chi connectivity index (χ4n) is 5.61. The minimum atomic E-state index is -0.362. The van der Waals surface area contributed by atoms with Crippen LogP contribution in [0.1, 0.15) is 22.4 Å². The third-order valence-electron chi connectivity index (χ3n) is 8.40. The van der Waals surface area contributed by atoms with Gasteiger partial charge in [0.05, 0.1) is 34.7 Å². The Hall–Kier alpha value is -7.34. The van der Waals surface area contributed by atoms with Crippen molar-refractivity contribution in [2.24, 2.45) is 9.98 Å². The highest BCUT2D eigenvalue weighted by atomic mass is 19.1. The number of pyridine rings is 2. The van der Waals surface area contributed by atoms with Gasteiger partial charge in [-0.1, -0.05) is 12.1 Å². The zero-order chi connectivity index (χ0) is 37.3. The molecule has 268 valence electrons. The van der Waals surface area contributed by atoms with Crippen molar-refractivity contribution in [3.8, 4) is 11.8 Å². The van der Waals surface area contributed by atoms with Gasteiger partial charge in [-0.25, -0.2) is 8.78 Å². The molecule has 4 aromatic heterocycles. The van der Waals surface area contributed by atoms with Crippen LogP contribution in [0.25, 0.3) is 21.8 Å². The minimum absolute atomic E-state index is 0.0332. The van der Waals surface area contributed by atoms with Crippen molar-refractivity contribution < 1.29 is 19.0 Å². The molecule has 0 amide bonds. The van der Waals surface area contributed by atoms with Gasteiger partial charge in [0.1, 0.15) is 11.6 Å². The molecule has 0 atom stereocenters. The zero-order valence-electron chi connectivity index (χ0n) is 28.7. The highest BCUT2D eigenvalue weighted by molar-refractivity contribution is 6.03. The van der Waals surface area contributed by atoms with Gasteiger partial charge in [0.2, 0.25) is 0 Å². The number of aromatic amines is 2. The second kappa shape index (κ2) is 16.3. The Bertz CT molecular complexity index is 2360. The van der Waals surface area contributed by atoms with Gasteiger partial charge < -0.3 is 30.8 Å². The smallest absolute Gasteiger partial charge is 0.198 e. The van der Waals surface area contributed by atoms with E-state index in [4.69, 9.17) is 0 Å². The second-order valence-electron chi connectivity index (χ2n) is 12.2. The standard InChI is InChI=1S/2C21H17FN4O/c22-15-3-8-20-18(10-15)19(21(27)26-20)13-25-17-6-4-16(5-7-17)24-12-14-2-1-9-23-11-14;22-14-4-9-20-18(11-14)19(21(27)26-20)13-25-16-7-5-15(6-8-16)24-12-17-3-1-2-10-23-17/h2*1-11,13,24,26-27H,12H2. The lowest BCUT2D eigenvalue weighted by Crippen LogP contribution is -2.00. The van der Waals surface area contributed by atoms with Crippen LogP contribution in [0, 0.1) is 11.6 Å². The first kappa shape index (κ1) is 35.1. The van der Waals surface area contributed by atoms with Crippen molar-refractivity contribution in [2.45, 2.75) is 13.1 Å². The van der Waals surface area contributed by atoms with Crippen molar-refractivity contribution in [3.05, 3.63) is 168 Å². The first-order valence-corrected chi connectivity index (χ1v) is 16.9. The molecule has 0 aliphatic heterocycles. The van der Waals surface area contributed by atoms with Crippen LogP contribution in [0.15, 0.2) is 144 Å². The van der Waals surface area contributed by atoms with Crippen LogP contribution in [0.2, 0.25) is 0 Å². The van der Waals surface area contributed by atoms with Crippen LogP contribution < -0.4 is 10.6 Å². The highest BCUT2D eigenvalue weighted by Crippen LogP contribution is 2.29. The quantitative estimate of drug-likeness (QED) is 0.0776. The number of hydrogen-bond donors (Lipinski definition) is 6. The molecule has 8 rings (SSSR count). The summed E-state index contributed by atoms with van der Waals surface area (Å²) in [6.07, 6.45) is 8.40. The van der Waals surface area contributed by atoms with Crippen LogP contribution in [0.4, 0.5) is 31.5 Å². The summed E-state index contributed by atoms with van der Waals surface area (Å²) in [6.45, 7) is 1.32. The van der Waals surface area contributed by atoms with Crippen molar-refractivity contribution in [1.82, 2.24) is 19.9 Å². The third kappa shape index (κ3) is 8.75. The molecule has 4 heterocycles. The summed E-state index contributed by atoms with van der Waals surface area (Å²) in [4.78, 5) is 22.8. The average molecular weight is 721 g/mol. The number of aromatic nitrogens is 4. The van der Waals surface area contributed by atoms with E-state index in [1.807, 2.05) is 85.1 Å². The Kier molecular flexibility index (Phi) is 10.6. The van der Waals surface area contributed by atoms with Gasteiger partial charge in [-0.2, -0.15) is 0 Å². The summed E-state index contributed by atoms with van der Waals surface area (Å²) in [5, 5.41) is 27.9. The van der Waals surface area contributed by atoms with E-state index in [1.54, 1.807) is 24.5 Å².